The molecule has 0 aliphatic rings. The van der Waals surface area contributed by atoms with E-state index < -0.39 is 6.10 Å². The van der Waals surface area contributed by atoms with Crippen LogP contribution < -0.4 is 0 Å². The smallest absolute Gasteiger partial charge is 0.306 e. The Hall–Kier alpha value is -2.63. The number of rotatable bonds is 46. The number of hydrogen-bond acceptors (Lipinski definition) is 6. The first-order valence-electron chi connectivity index (χ1n) is 25.6. The predicted octanol–water partition coefficient (Wildman–Crippen LogP) is 16.7. The second-order valence-corrected chi connectivity index (χ2v) is 17.1. The van der Waals surface area contributed by atoms with Crippen molar-refractivity contribution in [3.05, 3.63) is 48.6 Å². The molecule has 0 aliphatic carbocycles. The van der Waals surface area contributed by atoms with Crippen LogP contribution in [0.3, 0.4) is 0 Å². The largest absolute Gasteiger partial charge is 0.462 e. The van der Waals surface area contributed by atoms with Gasteiger partial charge in [-0.05, 0) is 83.5 Å². The van der Waals surface area contributed by atoms with Crippen LogP contribution in [0.15, 0.2) is 48.6 Å². The molecule has 0 heterocycles. The van der Waals surface area contributed by atoms with Gasteiger partial charge in [0, 0.05) is 19.3 Å². The van der Waals surface area contributed by atoms with Gasteiger partial charge in [-0.2, -0.15) is 0 Å². The Labute approximate surface area is 371 Å². The molecule has 0 N–H and O–H groups in total. The van der Waals surface area contributed by atoms with Gasteiger partial charge < -0.3 is 14.2 Å². The normalized spacial score (nSPS) is 12.4. The molecule has 0 aliphatic heterocycles. The van der Waals surface area contributed by atoms with Gasteiger partial charge in [0.2, 0.25) is 0 Å². The first-order chi connectivity index (χ1) is 29.5. The SMILES string of the molecule is CCCCC/C=C\C/C=C\C/C=C\CCCCC(=O)OC[C@H](COC(=O)CCCCCCCCC/C=C\CCCCCC)OC(=O)CCCCCCCCCCCCCC. The molecule has 0 aromatic heterocycles. The van der Waals surface area contributed by atoms with E-state index in [1.54, 1.807) is 0 Å². The summed E-state index contributed by atoms with van der Waals surface area (Å²) in [5, 5.41) is 0. The first-order valence-corrected chi connectivity index (χ1v) is 25.6. The van der Waals surface area contributed by atoms with E-state index in [9.17, 15) is 14.4 Å². The molecule has 0 aromatic carbocycles. The van der Waals surface area contributed by atoms with Crippen molar-refractivity contribution in [3.8, 4) is 0 Å². The minimum absolute atomic E-state index is 0.0853. The number of carbonyl (C=O) groups excluding carboxylic acids is 3. The van der Waals surface area contributed by atoms with Crippen molar-refractivity contribution in [2.45, 2.75) is 264 Å². The van der Waals surface area contributed by atoms with Gasteiger partial charge in [0.15, 0.2) is 6.10 Å². The van der Waals surface area contributed by atoms with Gasteiger partial charge in [0.1, 0.15) is 13.2 Å². The summed E-state index contributed by atoms with van der Waals surface area (Å²) in [7, 11) is 0. The average molecular weight is 841 g/mol. The second kappa shape index (κ2) is 49.0. The molecule has 0 fully saturated rings. The molecule has 348 valence electrons. The number of ether oxygens (including phenoxy) is 3. The maximum Gasteiger partial charge on any atom is 0.306 e. The van der Waals surface area contributed by atoms with Gasteiger partial charge in [-0.15, -0.1) is 0 Å². The fourth-order valence-electron chi connectivity index (χ4n) is 7.15. The molecule has 0 radical (unpaired) electrons. The van der Waals surface area contributed by atoms with Crippen molar-refractivity contribution in [2.75, 3.05) is 13.2 Å². The molecule has 1 atom stereocenters. The lowest BCUT2D eigenvalue weighted by Crippen LogP contribution is -2.30. The molecule has 0 saturated heterocycles. The summed E-state index contributed by atoms with van der Waals surface area (Å²) in [6.45, 7) is 6.57. The lowest BCUT2D eigenvalue weighted by Gasteiger charge is -2.18. The molecule has 6 nitrogen and oxygen atoms in total. The van der Waals surface area contributed by atoms with E-state index in [0.717, 1.165) is 70.6 Å². The molecule has 0 unspecified atom stereocenters. The highest BCUT2D eigenvalue weighted by molar-refractivity contribution is 5.71. The lowest BCUT2D eigenvalue weighted by molar-refractivity contribution is -0.167. The molecule has 0 amide bonds. The predicted molar refractivity (Wildman–Crippen MR) is 256 cm³/mol. The van der Waals surface area contributed by atoms with Crippen LogP contribution >= 0.6 is 0 Å². The van der Waals surface area contributed by atoms with Gasteiger partial charge in [0.05, 0.1) is 0 Å². The van der Waals surface area contributed by atoms with Gasteiger partial charge in [-0.1, -0.05) is 204 Å². The van der Waals surface area contributed by atoms with Crippen LogP contribution in [0.25, 0.3) is 0 Å². The van der Waals surface area contributed by atoms with Crippen LogP contribution in [0.2, 0.25) is 0 Å². The van der Waals surface area contributed by atoms with Crippen LogP contribution in [0.5, 0.6) is 0 Å². The van der Waals surface area contributed by atoms with E-state index in [1.165, 1.54) is 148 Å². The van der Waals surface area contributed by atoms with Gasteiger partial charge in [-0.25, -0.2) is 0 Å². The fraction of sp³-hybridized carbons (Fsp3) is 0.796. The zero-order valence-electron chi connectivity index (χ0n) is 39.7. The van der Waals surface area contributed by atoms with Crippen LogP contribution in [-0.4, -0.2) is 37.2 Å². The van der Waals surface area contributed by atoms with Gasteiger partial charge in [-0.3, -0.25) is 14.4 Å². The molecule has 60 heavy (non-hydrogen) atoms. The Bertz CT molecular complexity index is 1060. The van der Waals surface area contributed by atoms with Crippen LogP contribution in [0.4, 0.5) is 0 Å². The minimum atomic E-state index is -0.786. The van der Waals surface area contributed by atoms with Crippen molar-refractivity contribution in [2.24, 2.45) is 0 Å². The van der Waals surface area contributed by atoms with Gasteiger partial charge >= 0.3 is 17.9 Å². The van der Waals surface area contributed by atoms with Crippen molar-refractivity contribution < 1.29 is 28.6 Å². The zero-order chi connectivity index (χ0) is 43.7. The van der Waals surface area contributed by atoms with Crippen LogP contribution in [0, 0.1) is 0 Å². The molecular formula is C54H96O6. The quantitative estimate of drug-likeness (QED) is 0.0263. The van der Waals surface area contributed by atoms with E-state index in [-0.39, 0.29) is 31.1 Å². The van der Waals surface area contributed by atoms with E-state index in [0.29, 0.717) is 19.3 Å². The van der Waals surface area contributed by atoms with Crippen LogP contribution in [-0.2, 0) is 28.6 Å². The third kappa shape index (κ3) is 46.4. The first kappa shape index (κ1) is 57.4. The van der Waals surface area contributed by atoms with Crippen molar-refractivity contribution in [1.82, 2.24) is 0 Å². The third-order valence-corrected chi connectivity index (χ3v) is 11.1. The van der Waals surface area contributed by atoms with Crippen molar-refractivity contribution in [3.63, 3.8) is 0 Å². The summed E-state index contributed by atoms with van der Waals surface area (Å²) in [6.07, 6.45) is 58.0. The average Bonchev–Trinajstić information content (AvgIpc) is 3.24. The summed E-state index contributed by atoms with van der Waals surface area (Å²) in [4.78, 5) is 37.9. The maximum atomic E-state index is 12.8. The summed E-state index contributed by atoms with van der Waals surface area (Å²) in [5.74, 6) is -0.923. The van der Waals surface area contributed by atoms with Crippen molar-refractivity contribution in [1.29, 1.82) is 0 Å². The number of carbonyl (C=O) groups is 3. The minimum Gasteiger partial charge on any atom is -0.462 e. The third-order valence-electron chi connectivity index (χ3n) is 11.1. The Morgan fingerprint density at radius 3 is 1.03 bits per heavy atom. The molecule has 0 spiro atoms. The number of unbranched alkanes of at least 4 members (excludes halogenated alkanes) is 27. The second-order valence-electron chi connectivity index (χ2n) is 17.1. The topological polar surface area (TPSA) is 78.9 Å². The highest BCUT2D eigenvalue weighted by atomic mass is 16.6. The van der Waals surface area contributed by atoms with Crippen molar-refractivity contribution >= 4 is 17.9 Å². The van der Waals surface area contributed by atoms with E-state index in [2.05, 4.69) is 69.4 Å². The fourth-order valence-corrected chi connectivity index (χ4v) is 7.15. The molecular weight excluding hydrogens is 745 g/mol. The number of allylic oxidation sites excluding steroid dienone is 8. The number of esters is 3. The summed E-state index contributed by atoms with van der Waals surface area (Å²) >= 11 is 0. The summed E-state index contributed by atoms with van der Waals surface area (Å²) < 4.78 is 16.8. The molecule has 0 saturated carbocycles. The Kier molecular flexibility index (Phi) is 46.9. The lowest BCUT2D eigenvalue weighted by atomic mass is 10.0. The van der Waals surface area contributed by atoms with Crippen LogP contribution in [0.1, 0.15) is 258 Å². The Morgan fingerprint density at radius 1 is 0.333 bits per heavy atom. The molecule has 6 heteroatoms. The maximum absolute atomic E-state index is 12.8. The standard InChI is InChI=1S/C54H96O6/c1-4-7-10-13-16-19-22-25-27-29-32-34-37-40-43-46-52(55)58-49-51(60-54(57)48-45-42-39-36-31-24-21-18-15-12-9-6-3)50-59-53(56)47-44-41-38-35-33-30-28-26-23-20-17-14-11-8-5-2/h16,19-20,23,25,27,32,34,51H,4-15,17-18,21-22,24,26,28-31,33,35-50H2,1-3H3/b19-16-,23-20-,27-25-,34-32-/t51-/m1/s1. The molecule has 0 bridgehead atoms. The van der Waals surface area contributed by atoms with E-state index in [4.69, 9.17) is 14.2 Å². The van der Waals surface area contributed by atoms with E-state index in [1.807, 2.05) is 0 Å². The molecule has 0 rings (SSSR count). The number of hydrogen-bond donors (Lipinski definition) is 0. The molecule has 0 aromatic rings. The monoisotopic (exact) mass is 841 g/mol. The highest BCUT2D eigenvalue weighted by Gasteiger charge is 2.19. The van der Waals surface area contributed by atoms with E-state index >= 15 is 0 Å². The van der Waals surface area contributed by atoms with Gasteiger partial charge in [0.25, 0.3) is 0 Å². The Balaban J connectivity index is 4.42. The highest BCUT2D eigenvalue weighted by Crippen LogP contribution is 2.15. The summed E-state index contributed by atoms with van der Waals surface area (Å²) in [6, 6.07) is 0. The zero-order valence-corrected chi connectivity index (χ0v) is 39.7. The summed E-state index contributed by atoms with van der Waals surface area (Å²) in [5.41, 5.74) is 0. The Morgan fingerprint density at radius 2 is 0.600 bits per heavy atom.